The molecule has 2 N–H and O–H groups in total. The van der Waals surface area contributed by atoms with Gasteiger partial charge in [-0.2, -0.15) is 0 Å². The molecule has 0 unspecified atom stereocenters. The van der Waals surface area contributed by atoms with Crippen molar-refractivity contribution in [3.8, 4) is 5.75 Å². The summed E-state index contributed by atoms with van der Waals surface area (Å²) in [5.41, 5.74) is 2.38. The van der Waals surface area contributed by atoms with Crippen LogP contribution in [0.3, 0.4) is 0 Å². The summed E-state index contributed by atoms with van der Waals surface area (Å²) in [4.78, 5) is 25.2. The lowest BCUT2D eigenvalue weighted by molar-refractivity contribution is 0.0596. The summed E-state index contributed by atoms with van der Waals surface area (Å²) >= 11 is 12.6. The summed E-state index contributed by atoms with van der Waals surface area (Å²) in [6.45, 7) is 5.57. The fraction of sp³-hybridized carbons (Fsp3) is 0.348. The molecule has 0 spiro atoms. The molecule has 174 valence electrons. The summed E-state index contributed by atoms with van der Waals surface area (Å²) in [6, 6.07) is 5.43. The maximum absolute atomic E-state index is 13.3. The summed E-state index contributed by atoms with van der Waals surface area (Å²) in [7, 11) is 1.58. The van der Waals surface area contributed by atoms with Gasteiger partial charge in [0.25, 0.3) is 0 Å². The molecule has 3 aromatic heterocycles. The zero-order valence-corrected chi connectivity index (χ0v) is 20.3. The Hall–Kier alpha value is -2.81. The SMILES string of the molecule is COc1ccc(Cc2cn(Cc3nc4ncc(Cl)c(C)c4[nH]3)c(=O)n2CC(C)(C)O)c(Cl)c1. The van der Waals surface area contributed by atoms with Gasteiger partial charge in [0.1, 0.15) is 11.6 Å². The van der Waals surface area contributed by atoms with Gasteiger partial charge >= 0.3 is 5.69 Å². The van der Waals surface area contributed by atoms with Gasteiger partial charge in [0.15, 0.2) is 5.65 Å². The van der Waals surface area contributed by atoms with E-state index in [4.69, 9.17) is 27.9 Å². The average molecular weight is 490 g/mol. The van der Waals surface area contributed by atoms with Crippen molar-refractivity contribution in [3.05, 3.63) is 73.8 Å². The number of pyridine rings is 1. The van der Waals surface area contributed by atoms with Crippen LogP contribution in [0.15, 0.2) is 35.4 Å². The lowest BCUT2D eigenvalue weighted by atomic mass is 10.1. The quantitative estimate of drug-likeness (QED) is 0.409. The zero-order chi connectivity index (χ0) is 23.9. The van der Waals surface area contributed by atoms with E-state index in [1.54, 1.807) is 48.6 Å². The third-order valence-corrected chi connectivity index (χ3v) is 6.13. The number of halogens is 2. The average Bonchev–Trinajstić information content (AvgIpc) is 3.28. The predicted octanol–water partition coefficient (Wildman–Crippen LogP) is 3.95. The predicted molar refractivity (Wildman–Crippen MR) is 129 cm³/mol. The standard InChI is InChI=1S/C23H25Cl2N5O3/c1-13-18(25)9-26-21-20(13)27-19(28-21)11-29-10-15(30(22(29)31)12-23(2,3)32)7-14-5-6-16(33-4)8-17(14)24/h5-6,8-10,32H,7,11-12H2,1-4H3,(H,26,27,28). The Morgan fingerprint density at radius 3 is 2.67 bits per heavy atom. The topological polar surface area (TPSA) is 98.0 Å². The van der Waals surface area contributed by atoms with Crippen LogP contribution in [0, 0.1) is 6.92 Å². The van der Waals surface area contributed by atoms with Crippen LogP contribution in [-0.4, -0.2) is 41.9 Å². The van der Waals surface area contributed by atoms with E-state index in [0.717, 1.165) is 22.3 Å². The number of rotatable bonds is 7. The molecule has 0 fully saturated rings. The molecule has 0 aliphatic carbocycles. The Kier molecular flexibility index (Phi) is 6.26. The molecular formula is C23H25Cl2N5O3. The van der Waals surface area contributed by atoms with Crippen molar-refractivity contribution in [2.45, 2.75) is 45.9 Å². The number of fused-ring (bicyclic) bond motifs is 1. The van der Waals surface area contributed by atoms with E-state index in [0.29, 0.717) is 33.7 Å². The van der Waals surface area contributed by atoms with Crippen molar-refractivity contribution in [2.24, 2.45) is 0 Å². The second kappa shape index (κ2) is 8.85. The summed E-state index contributed by atoms with van der Waals surface area (Å²) in [5.74, 6) is 1.24. The van der Waals surface area contributed by atoms with E-state index in [2.05, 4.69) is 15.0 Å². The lowest BCUT2D eigenvalue weighted by Crippen LogP contribution is -2.34. The Morgan fingerprint density at radius 1 is 1.24 bits per heavy atom. The van der Waals surface area contributed by atoms with Gasteiger partial charge in [0.05, 0.1) is 36.3 Å². The van der Waals surface area contributed by atoms with E-state index in [1.807, 2.05) is 19.1 Å². The molecule has 0 radical (unpaired) electrons. The fourth-order valence-electron chi connectivity index (χ4n) is 3.72. The highest BCUT2D eigenvalue weighted by molar-refractivity contribution is 6.32. The lowest BCUT2D eigenvalue weighted by Gasteiger charge is -2.19. The molecule has 8 nitrogen and oxygen atoms in total. The molecule has 33 heavy (non-hydrogen) atoms. The Balaban J connectivity index is 1.72. The van der Waals surface area contributed by atoms with Crippen LogP contribution in [0.1, 0.15) is 36.5 Å². The third kappa shape index (κ3) is 4.93. The molecule has 0 aliphatic heterocycles. The summed E-state index contributed by atoms with van der Waals surface area (Å²) in [6.07, 6.45) is 3.75. The molecule has 0 saturated heterocycles. The van der Waals surface area contributed by atoms with E-state index in [1.165, 1.54) is 0 Å². The van der Waals surface area contributed by atoms with Gasteiger partial charge in [-0.05, 0) is 44.0 Å². The molecule has 1 aromatic carbocycles. The normalized spacial score (nSPS) is 12.0. The number of aryl methyl sites for hydroxylation is 1. The molecular weight excluding hydrogens is 465 g/mol. The number of hydrogen-bond donors (Lipinski definition) is 2. The highest BCUT2D eigenvalue weighted by atomic mass is 35.5. The first-order chi connectivity index (χ1) is 15.6. The van der Waals surface area contributed by atoms with Crippen LogP contribution in [0.2, 0.25) is 10.0 Å². The molecule has 0 aliphatic rings. The monoisotopic (exact) mass is 489 g/mol. The van der Waals surface area contributed by atoms with Crippen molar-refractivity contribution < 1.29 is 9.84 Å². The Bertz CT molecular complexity index is 1380. The van der Waals surface area contributed by atoms with Crippen molar-refractivity contribution in [3.63, 3.8) is 0 Å². The van der Waals surface area contributed by atoms with E-state index in [-0.39, 0.29) is 18.8 Å². The second-order valence-corrected chi connectivity index (χ2v) is 9.49. The number of ether oxygens (including phenoxy) is 1. The van der Waals surface area contributed by atoms with Gasteiger partial charge in [0.2, 0.25) is 0 Å². The van der Waals surface area contributed by atoms with Gasteiger partial charge < -0.3 is 14.8 Å². The van der Waals surface area contributed by atoms with Gasteiger partial charge in [-0.25, -0.2) is 14.8 Å². The molecule has 0 saturated carbocycles. The van der Waals surface area contributed by atoms with Crippen molar-refractivity contribution >= 4 is 34.4 Å². The first-order valence-corrected chi connectivity index (χ1v) is 11.1. The molecule has 4 rings (SSSR count). The highest BCUT2D eigenvalue weighted by Gasteiger charge is 2.21. The number of H-pyrrole nitrogens is 1. The van der Waals surface area contributed by atoms with Crippen LogP contribution < -0.4 is 10.4 Å². The number of aromatic amines is 1. The van der Waals surface area contributed by atoms with Crippen LogP contribution in [0.5, 0.6) is 5.75 Å². The largest absolute Gasteiger partial charge is 0.497 e. The van der Waals surface area contributed by atoms with Crippen molar-refractivity contribution in [1.82, 2.24) is 24.1 Å². The number of aliphatic hydroxyl groups is 1. The Morgan fingerprint density at radius 2 is 2.00 bits per heavy atom. The van der Waals surface area contributed by atoms with E-state index in [9.17, 15) is 9.90 Å². The van der Waals surface area contributed by atoms with Gasteiger partial charge in [-0.1, -0.05) is 29.3 Å². The fourth-order valence-corrected chi connectivity index (χ4v) is 4.10. The van der Waals surface area contributed by atoms with Crippen molar-refractivity contribution in [1.29, 1.82) is 0 Å². The molecule has 0 bridgehead atoms. The zero-order valence-electron chi connectivity index (χ0n) is 18.8. The smallest absolute Gasteiger partial charge is 0.328 e. The number of nitrogens with one attached hydrogen (secondary N) is 1. The second-order valence-electron chi connectivity index (χ2n) is 8.68. The minimum absolute atomic E-state index is 0.137. The molecule has 3 heterocycles. The van der Waals surface area contributed by atoms with Crippen LogP contribution in [0.25, 0.3) is 11.2 Å². The number of imidazole rings is 2. The van der Waals surface area contributed by atoms with E-state index < -0.39 is 5.60 Å². The molecule has 0 atom stereocenters. The number of benzene rings is 1. The minimum atomic E-state index is -1.08. The van der Waals surface area contributed by atoms with Gasteiger partial charge in [-0.3, -0.25) is 9.13 Å². The highest BCUT2D eigenvalue weighted by Crippen LogP contribution is 2.25. The maximum Gasteiger partial charge on any atom is 0.328 e. The summed E-state index contributed by atoms with van der Waals surface area (Å²) in [5, 5.41) is 11.5. The molecule has 0 amide bonds. The third-order valence-electron chi connectivity index (χ3n) is 5.39. The molecule has 4 aromatic rings. The number of hydrogen-bond acceptors (Lipinski definition) is 5. The minimum Gasteiger partial charge on any atom is -0.497 e. The van der Waals surface area contributed by atoms with Gasteiger partial charge in [0, 0.05) is 29.5 Å². The van der Waals surface area contributed by atoms with Crippen LogP contribution in [0.4, 0.5) is 0 Å². The maximum atomic E-state index is 13.3. The first kappa shape index (κ1) is 23.4. The van der Waals surface area contributed by atoms with Crippen LogP contribution >= 0.6 is 23.2 Å². The Labute approximate surface area is 200 Å². The first-order valence-electron chi connectivity index (χ1n) is 10.4. The number of methoxy groups -OCH3 is 1. The molecule has 10 heteroatoms. The number of aromatic nitrogens is 5. The van der Waals surface area contributed by atoms with Gasteiger partial charge in [-0.15, -0.1) is 0 Å². The van der Waals surface area contributed by atoms with Crippen LogP contribution in [-0.2, 0) is 19.5 Å². The van der Waals surface area contributed by atoms with E-state index >= 15 is 0 Å². The van der Waals surface area contributed by atoms with Crippen molar-refractivity contribution in [2.75, 3.05) is 7.11 Å². The summed E-state index contributed by atoms with van der Waals surface area (Å²) < 4.78 is 8.36. The number of nitrogens with zero attached hydrogens (tertiary/aromatic N) is 4.